The number of benzene rings is 1. The van der Waals surface area contributed by atoms with Crippen LogP contribution in [0.3, 0.4) is 0 Å². The molecule has 0 aliphatic heterocycles. The lowest BCUT2D eigenvalue weighted by Crippen LogP contribution is -2.27. The normalized spacial score (nSPS) is 30.3. The monoisotopic (exact) mass is 283 g/mol. The first kappa shape index (κ1) is 14.5. The molecule has 0 bridgehead atoms. The minimum atomic E-state index is -3.21. The summed E-state index contributed by atoms with van der Waals surface area (Å²) in [6, 6.07) is 7.92. The molecule has 5 heteroatoms. The number of hydrogen-bond donors (Lipinski definition) is 2. The summed E-state index contributed by atoms with van der Waals surface area (Å²) in [5.74, 6) is -0.191. The third kappa shape index (κ3) is 2.30. The number of aliphatic hydroxyl groups excluding tert-OH is 1. The highest BCUT2D eigenvalue weighted by molar-refractivity contribution is 7.91. The average molecular weight is 283 g/mol. The van der Waals surface area contributed by atoms with Crippen LogP contribution in [0.15, 0.2) is 24.3 Å². The summed E-state index contributed by atoms with van der Waals surface area (Å²) >= 11 is 0. The highest BCUT2D eigenvalue weighted by atomic mass is 32.2. The van der Waals surface area contributed by atoms with Gasteiger partial charge in [-0.1, -0.05) is 31.2 Å². The van der Waals surface area contributed by atoms with E-state index in [-0.39, 0.29) is 19.1 Å². The Morgan fingerprint density at radius 1 is 1.32 bits per heavy atom. The van der Waals surface area contributed by atoms with E-state index >= 15 is 0 Å². The highest BCUT2D eigenvalue weighted by Gasteiger charge is 2.68. The van der Waals surface area contributed by atoms with Gasteiger partial charge in [-0.2, -0.15) is 0 Å². The van der Waals surface area contributed by atoms with Crippen LogP contribution < -0.4 is 5.73 Å². The van der Waals surface area contributed by atoms with Gasteiger partial charge in [0.2, 0.25) is 0 Å². The molecule has 0 radical (unpaired) electrons. The zero-order valence-electron chi connectivity index (χ0n) is 11.3. The first-order valence-electron chi connectivity index (χ1n) is 6.49. The summed E-state index contributed by atoms with van der Waals surface area (Å²) in [5.41, 5.74) is 7.18. The van der Waals surface area contributed by atoms with Crippen molar-refractivity contribution >= 4 is 9.84 Å². The molecule has 19 heavy (non-hydrogen) atoms. The quantitative estimate of drug-likeness (QED) is 0.833. The zero-order chi connectivity index (χ0) is 14.3. The molecule has 0 spiro atoms. The average Bonchev–Trinajstić information content (AvgIpc) is 3.09. The molecule has 1 aromatic rings. The van der Waals surface area contributed by atoms with Gasteiger partial charge in [-0.3, -0.25) is 0 Å². The Labute approximate surface area is 114 Å². The molecular weight excluding hydrogens is 262 g/mol. The van der Waals surface area contributed by atoms with Gasteiger partial charge in [0.25, 0.3) is 0 Å². The molecule has 2 rings (SSSR count). The minimum Gasteiger partial charge on any atom is -0.396 e. The Morgan fingerprint density at radius 2 is 1.89 bits per heavy atom. The Hall–Kier alpha value is -0.910. The third-order valence-corrected chi connectivity index (χ3v) is 5.93. The summed E-state index contributed by atoms with van der Waals surface area (Å²) in [6.45, 7) is 2.06. The van der Waals surface area contributed by atoms with E-state index in [1.54, 1.807) is 0 Å². The van der Waals surface area contributed by atoms with Crippen molar-refractivity contribution in [3.63, 3.8) is 0 Å². The summed E-state index contributed by atoms with van der Waals surface area (Å²) in [5, 5.41) is 9.01. The molecule has 1 aliphatic rings. The Morgan fingerprint density at radius 3 is 2.21 bits per heavy atom. The van der Waals surface area contributed by atoms with Crippen molar-refractivity contribution in [2.24, 2.45) is 11.1 Å². The van der Waals surface area contributed by atoms with Crippen LogP contribution >= 0.6 is 0 Å². The molecule has 1 saturated carbocycles. The molecule has 0 amide bonds. The van der Waals surface area contributed by atoms with Crippen molar-refractivity contribution in [3.05, 3.63) is 35.4 Å². The van der Waals surface area contributed by atoms with E-state index in [0.717, 1.165) is 12.0 Å². The van der Waals surface area contributed by atoms with E-state index in [1.807, 2.05) is 24.3 Å². The molecule has 0 saturated heterocycles. The standard InChI is InChI=1S/C14H21NO3S/c1-3-10-4-6-11(7-5-10)12-13(19(2,17)18)14(12,8-15)9-16/h4-7,12-13,16H,3,8-9,15H2,1-2H3/t12-,13+,14-/m1/s1. The number of hydrogen-bond acceptors (Lipinski definition) is 4. The van der Waals surface area contributed by atoms with E-state index in [0.29, 0.717) is 0 Å². The van der Waals surface area contributed by atoms with Crippen LogP contribution in [0.5, 0.6) is 0 Å². The predicted molar refractivity (Wildman–Crippen MR) is 75.8 cm³/mol. The molecular formula is C14H21NO3S. The van der Waals surface area contributed by atoms with Crippen LogP contribution in [-0.4, -0.2) is 38.2 Å². The largest absolute Gasteiger partial charge is 0.396 e. The second-order valence-electron chi connectivity index (χ2n) is 5.42. The van der Waals surface area contributed by atoms with Gasteiger partial charge in [-0.05, 0) is 17.5 Å². The van der Waals surface area contributed by atoms with Crippen molar-refractivity contribution in [2.75, 3.05) is 19.4 Å². The summed E-state index contributed by atoms with van der Waals surface area (Å²) in [4.78, 5) is 0. The van der Waals surface area contributed by atoms with Crippen molar-refractivity contribution in [3.8, 4) is 0 Å². The lowest BCUT2D eigenvalue weighted by Gasteiger charge is -2.11. The van der Waals surface area contributed by atoms with E-state index in [1.165, 1.54) is 11.8 Å². The molecule has 3 N–H and O–H groups in total. The summed E-state index contributed by atoms with van der Waals surface area (Å²) < 4.78 is 23.7. The lowest BCUT2D eigenvalue weighted by molar-refractivity contribution is 0.212. The van der Waals surface area contributed by atoms with Gasteiger partial charge >= 0.3 is 0 Å². The van der Waals surface area contributed by atoms with Gasteiger partial charge in [0, 0.05) is 24.1 Å². The topological polar surface area (TPSA) is 80.4 Å². The maximum atomic E-state index is 11.9. The lowest BCUT2D eigenvalue weighted by atomic mass is 9.99. The molecule has 4 nitrogen and oxygen atoms in total. The van der Waals surface area contributed by atoms with E-state index in [9.17, 15) is 13.5 Å². The van der Waals surface area contributed by atoms with E-state index in [2.05, 4.69) is 6.92 Å². The van der Waals surface area contributed by atoms with Crippen LogP contribution in [-0.2, 0) is 16.3 Å². The first-order chi connectivity index (χ1) is 8.90. The van der Waals surface area contributed by atoms with Crippen LogP contribution in [0.1, 0.15) is 24.0 Å². The molecule has 106 valence electrons. The van der Waals surface area contributed by atoms with Crippen molar-refractivity contribution in [2.45, 2.75) is 24.5 Å². The molecule has 1 fully saturated rings. The predicted octanol–water partition coefficient (Wildman–Crippen LogP) is 0.697. The minimum absolute atomic E-state index is 0.182. The number of rotatable bonds is 5. The molecule has 0 heterocycles. The van der Waals surface area contributed by atoms with Gasteiger partial charge in [-0.15, -0.1) is 0 Å². The second-order valence-corrected chi connectivity index (χ2v) is 7.59. The first-order valence-corrected chi connectivity index (χ1v) is 8.44. The van der Waals surface area contributed by atoms with Crippen LogP contribution in [0, 0.1) is 5.41 Å². The van der Waals surface area contributed by atoms with Crippen molar-refractivity contribution in [1.82, 2.24) is 0 Å². The Bertz CT molecular complexity index is 547. The van der Waals surface area contributed by atoms with E-state index < -0.39 is 20.5 Å². The van der Waals surface area contributed by atoms with Gasteiger partial charge in [-0.25, -0.2) is 8.42 Å². The van der Waals surface area contributed by atoms with Gasteiger partial charge in [0.15, 0.2) is 9.84 Å². The number of aliphatic hydroxyl groups is 1. The number of nitrogens with two attached hydrogens (primary N) is 1. The van der Waals surface area contributed by atoms with Crippen LogP contribution in [0.4, 0.5) is 0 Å². The van der Waals surface area contributed by atoms with Crippen LogP contribution in [0.25, 0.3) is 0 Å². The second kappa shape index (κ2) is 4.89. The zero-order valence-corrected chi connectivity index (χ0v) is 12.2. The van der Waals surface area contributed by atoms with Crippen LogP contribution in [0.2, 0.25) is 0 Å². The molecule has 1 aromatic carbocycles. The van der Waals surface area contributed by atoms with Gasteiger partial charge in [0.1, 0.15) is 0 Å². The molecule has 1 aliphatic carbocycles. The SMILES string of the molecule is CCc1ccc([C@@H]2[C@H](S(C)(=O)=O)[C@]2(CN)CO)cc1. The number of sulfone groups is 1. The van der Waals surface area contributed by atoms with Crippen molar-refractivity contribution < 1.29 is 13.5 Å². The van der Waals surface area contributed by atoms with Gasteiger partial charge < -0.3 is 10.8 Å². The Balaban J connectivity index is 2.37. The van der Waals surface area contributed by atoms with Gasteiger partial charge in [0.05, 0.1) is 11.9 Å². The molecule has 0 unspecified atom stereocenters. The maximum absolute atomic E-state index is 11.9. The smallest absolute Gasteiger partial charge is 0.151 e. The Kier molecular flexibility index (Phi) is 3.73. The highest BCUT2D eigenvalue weighted by Crippen LogP contribution is 2.61. The summed E-state index contributed by atoms with van der Waals surface area (Å²) in [7, 11) is -3.21. The molecule has 0 aromatic heterocycles. The molecule has 3 atom stereocenters. The van der Waals surface area contributed by atoms with E-state index in [4.69, 9.17) is 5.73 Å². The summed E-state index contributed by atoms with van der Waals surface area (Å²) in [6.07, 6.45) is 2.17. The maximum Gasteiger partial charge on any atom is 0.151 e. The fourth-order valence-electron chi connectivity index (χ4n) is 3.09. The number of aryl methyl sites for hydroxylation is 1. The fraction of sp³-hybridized carbons (Fsp3) is 0.571. The third-order valence-electron chi connectivity index (χ3n) is 4.26. The van der Waals surface area contributed by atoms with Crippen molar-refractivity contribution in [1.29, 1.82) is 0 Å². The fourth-order valence-corrected chi connectivity index (χ4v) is 5.10.